The second-order valence-electron chi connectivity index (χ2n) is 3.70. The first-order valence-corrected chi connectivity index (χ1v) is 6.59. The molecule has 0 fully saturated rings. The average Bonchev–Trinajstić information content (AvgIpc) is 2.38. The molecule has 18 heavy (non-hydrogen) atoms. The molecule has 0 amide bonds. The van der Waals surface area contributed by atoms with Crippen molar-refractivity contribution in [1.29, 1.82) is 0 Å². The molecule has 3 nitrogen and oxygen atoms in total. The van der Waals surface area contributed by atoms with Crippen LogP contribution in [0.5, 0.6) is 5.88 Å². The van der Waals surface area contributed by atoms with Crippen LogP contribution < -0.4 is 10.5 Å². The molecule has 2 aromatic rings. The Morgan fingerprint density at radius 1 is 1.28 bits per heavy atom. The van der Waals surface area contributed by atoms with Gasteiger partial charge >= 0.3 is 0 Å². The summed E-state index contributed by atoms with van der Waals surface area (Å²) in [5.74, 6) is 0.528. The van der Waals surface area contributed by atoms with Gasteiger partial charge in [0.05, 0.1) is 10.7 Å². The summed E-state index contributed by atoms with van der Waals surface area (Å²) in [6.07, 6.45) is 0. The molecule has 0 saturated heterocycles. The lowest BCUT2D eigenvalue weighted by molar-refractivity contribution is 0.293. The van der Waals surface area contributed by atoms with Crippen molar-refractivity contribution >= 4 is 27.5 Å². The van der Waals surface area contributed by atoms with Gasteiger partial charge in [-0.15, -0.1) is 0 Å². The van der Waals surface area contributed by atoms with Crippen LogP contribution in [-0.2, 0) is 13.2 Å². The van der Waals surface area contributed by atoms with Crippen LogP contribution >= 0.6 is 27.5 Å². The third kappa shape index (κ3) is 3.45. The molecule has 5 heteroatoms. The van der Waals surface area contributed by atoms with Crippen molar-refractivity contribution in [3.8, 4) is 5.88 Å². The maximum Gasteiger partial charge on any atom is 0.213 e. The molecule has 0 unspecified atom stereocenters. The number of ether oxygens (including phenoxy) is 1. The van der Waals surface area contributed by atoms with Gasteiger partial charge in [-0.1, -0.05) is 39.7 Å². The lowest BCUT2D eigenvalue weighted by atomic mass is 10.2. The van der Waals surface area contributed by atoms with Gasteiger partial charge in [-0.2, -0.15) is 0 Å². The molecular formula is C13H12BrClN2O. The van der Waals surface area contributed by atoms with Gasteiger partial charge in [0.25, 0.3) is 0 Å². The number of nitrogens with zero attached hydrogens (tertiary/aromatic N) is 1. The van der Waals surface area contributed by atoms with Crippen LogP contribution in [0.1, 0.15) is 11.3 Å². The summed E-state index contributed by atoms with van der Waals surface area (Å²) in [5.41, 5.74) is 7.25. The van der Waals surface area contributed by atoms with Crippen molar-refractivity contribution in [2.24, 2.45) is 5.73 Å². The van der Waals surface area contributed by atoms with Gasteiger partial charge in [0, 0.05) is 17.1 Å². The van der Waals surface area contributed by atoms with E-state index < -0.39 is 0 Å². The minimum atomic E-state index is 0.299. The van der Waals surface area contributed by atoms with E-state index in [2.05, 4.69) is 20.9 Å². The van der Waals surface area contributed by atoms with E-state index in [0.29, 0.717) is 29.7 Å². The quantitative estimate of drug-likeness (QED) is 0.934. The highest BCUT2D eigenvalue weighted by atomic mass is 79.9. The predicted molar refractivity (Wildman–Crippen MR) is 75.6 cm³/mol. The minimum absolute atomic E-state index is 0.299. The van der Waals surface area contributed by atoms with Crippen molar-refractivity contribution < 1.29 is 4.74 Å². The second kappa shape index (κ2) is 6.18. The van der Waals surface area contributed by atoms with Crippen LogP contribution in [0.4, 0.5) is 0 Å². The van der Waals surface area contributed by atoms with Gasteiger partial charge in [0.15, 0.2) is 0 Å². The Morgan fingerprint density at radius 3 is 2.83 bits per heavy atom. The first-order valence-electron chi connectivity index (χ1n) is 5.42. The lowest BCUT2D eigenvalue weighted by Gasteiger charge is -2.07. The number of pyridine rings is 1. The summed E-state index contributed by atoms with van der Waals surface area (Å²) in [5, 5.41) is 0.562. The van der Waals surface area contributed by atoms with Gasteiger partial charge in [0.1, 0.15) is 6.61 Å². The summed E-state index contributed by atoms with van der Waals surface area (Å²) in [7, 11) is 0. The number of halogens is 2. The fourth-order valence-electron chi connectivity index (χ4n) is 1.47. The molecule has 2 rings (SSSR count). The predicted octanol–water partition coefficient (Wildman–Crippen LogP) is 3.54. The Labute approximate surface area is 119 Å². The molecule has 0 atom stereocenters. The fourth-order valence-corrected chi connectivity index (χ4v) is 2.10. The monoisotopic (exact) mass is 326 g/mol. The first-order chi connectivity index (χ1) is 8.69. The molecule has 0 aliphatic heterocycles. The smallest absolute Gasteiger partial charge is 0.213 e. The zero-order chi connectivity index (χ0) is 13.0. The normalized spacial score (nSPS) is 10.4. The molecule has 94 valence electrons. The van der Waals surface area contributed by atoms with Crippen molar-refractivity contribution in [3.63, 3.8) is 0 Å². The van der Waals surface area contributed by atoms with E-state index in [-0.39, 0.29) is 0 Å². The highest BCUT2D eigenvalue weighted by Crippen LogP contribution is 2.19. The van der Waals surface area contributed by atoms with E-state index in [1.165, 1.54) is 0 Å². The fraction of sp³-hybridized carbons (Fsp3) is 0.154. The Balaban J connectivity index is 2.06. The third-order valence-electron chi connectivity index (χ3n) is 2.36. The standard InChI is InChI=1S/C13H12BrClN2O/c14-10-3-1-2-9(6-10)8-18-13-5-4-11(15)12(7-16)17-13/h1-6H,7-8,16H2. The highest BCUT2D eigenvalue weighted by molar-refractivity contribution is 9.10. The van der Waals surface area contributed by atoms with Crippen LogP contribution in [-0.4, -0.2) is 4.98 Å². The number of rotatable bonds is 4. The number of aromatic nitrogens is 1. The Kier molecular flexibility index (Phi) is 4.58. The van der Waals surface area contributed by atoms with E-state index in [9.17, 15) is 0 Å². The van der Waals surface area contributed by atoms with Crippen molar-refractivity contribution in [3.05, 3.63) is 57.2 Å². The van der Waals surface area contributed by atoms with E-state index in [0.717, 1.165) is 10.0 Å². The van der Waals surface area contributed by atoms with E-state index in [4.69, 9.17) is 22.1 Å². The average molecular weight is 328 g/mol. The molecule has 1 heterocycles. The zero-order valence-corrected chi connectivity index (χ0v) is 11.9. The molecule has 0 radical (unpaired) electrons. The van der Waals surface area contributed by atoms with Crippen LogP contribution in [0.25, 0.3) is 0 Å². The summed E-state index contributed by atoms with van der Waals surface area (Å²) >= 11 is 9.35. The molecule has 0 aliphatic rings. The number of nitrogens with two attached hydrogens (primary N) is 1. The maximum absolute atomic E-state index is 5.93. The van der Waals surface area contributed by atoms with Crippen LogP contribution in [0.15, 0.2) is 40.9 Å². The molecule has 1 aromatic heterocycles. The molecular weight excluding hydrogens is 316 g/mol. The lowest BCUT2D eigenvalue weighted by Crippen LogP contribution is -2.03. The van der Waals surface area contributed by atoms with Crippen LogP contribution in [0.3, 0.4) is 0 Å². The molecule has 0 saturated carbocycles. The van der Waals surface area contributed by atoms with Crippen LogP contribution in [0.2, 0.25) is 5.02 Å². The summed E-state index contributed by atoms with van der Waals surface area (Å²) in [6.45, 7) is 0.755. The van der Waals surface area contributed by atoms with Crippen molar-refractivity contribution in [2.75, 3.05) is 0 Å². The molecule has 0 bridgehead atoms. The number of hydrogen-bond donors (Lipinski definition) is 1. The molecule has 1 aromatic carbocycles. The number of hydrogen-bond acceptors (Lipinski definition) is 3. The maximum atomic E-state index is 5.93. The van der Waals surface area contributed by atoms with Crippen LogP contribution in [0, 0.1) is 0 Å². The number of benzene rings is 1. The van der Waals surface area contributed by atoms with Crippen molar-refractivity contribution in [2.45, 2.75) is 13.2 Å². The van der Waals surface area contributed by atoms with Crippen molar-refractivity contribution in [1.82, 2.24) is 4.98 Å². The third-order valence-corrected chi connectivity index (χ3v) is 3.20. The van der Waals surface area contributed by atoms with Gasteiger partial charge in [-0.25, -0.2) is 4.98 Å². The Morgan fingerprint density at radius 2 is 2.11 bits per heavy atom. The molecule has 0 aliphatic carbocycles. The largest absolute Gasteiger partial charge is 0.473 e. The van der Waals surface area contributed by atoms with Gasteiger partial charge in [-0.05, 0) is 23.8 Å². The van der Waals surface area contributed by atoms with E-state index in [1.54, 1.807) is 12.1 Å². The van der Waals surface area contributed by atoms with Gasteiger partial charge in [-0.3, -0.25) is 0 Å². The SMILES string of the molecule is NCc1nc(OCc2cccc(Br)c2)ccc1Cl. The molecule has 0 spiro atoms. The summed E-state index contributed by atoms with van der Waals surface area (Å²) in [4.78, 5) is 4.24. The summed E-state index contributed by atoms with van der Waals surface area (Å²) in [6, 6.07) is 11.4. The van der Waals surface area contributed by atoms with E-state index >= 15 is 0 Å². The molecule has 2 N–H and O–H groups in total. The van der Waals surface area contributed by atoms with Gasteiger partial charge < -0.3 is 10.5 Å². The highest BCUT2D eigenvalue weighted by Gasteiger charge is 2.03. The topological polar surface area (TPSA) is 48.1 Å². The summed E-state index contributed by atoms with van der Waals surface area (Å²) < 4.78 is 6.62. The van der Waals surface area contributed by atoms with E-state index in [1.807, 2.05) is 24.3 Å². The Hall–Kier alpha value is -1.10. The Bertz CT molecular complexity index is 548. The van der Waals surface area contributed by atoms with Gasteiger partial charge in [0.2, 0.25) is 5.88 Å². The zero-order valence-electron chi connectivity index (χ0n) is 9.57. The first kappa shape index (κ1) is 13.3. The second-order valence-corrected chi connectivity index (χ2v) is 5.02. The minimum Gasteiger partial charge on any atom is -0.473 e.